The maximum absolute atomic E-state index is 13.2. The first-order chi connectivity index (χ1) is 11.2. The molecule has 2 saturated heterocycles. The van der Waals surface area contributed by atoms with Crippen LogP contribution in [-0.4, -0.2) is 29.1 Å². The Morgan fingerprint density at radius 2 is 1.79 bits per heavy atom. The van der Waals surface area contributed by atoms with Crippen molar-refractivity contribution < 1.29 is 13.9 Å². The molecule has 3 rings (SSSR count). The predicted octanol–water partition coefficient (Wildman–Crippen LogP) is 3.58. The van der Waals surface area contributed by atoms with Gasteiger partial charge in [0.15, 0.2) is 5.78 Å². The molecule has 2 fully saturated rings. The lowest BCUT2D eigenvalue weighted by molar-refractivity contribution is -0.237. The second kappa shape index (κ2) is 6.86. The van der Waals surface area contributed by atoms with Crippen LogP contribution in [0.2, 0.25) is 0 Å². The third-order valence-corrected chi connectivity index (χ3v) is 8.65. The van der Waals surface area contributed by atoms with Crippen molar-refractivity contribution in [2.75, 3.05) is 13.2 Å². The van der Waals surface area contributed by atoms with Crippen LogP contribution in [-0.2, 0) is 15.5 Å². The van der Waals surface area contributed by atoms with Crippen LogP contribution in [0.4, 0.5) is 0 Å². The van der Waals surface area contributed by atoms with Gasteiger partial charge in [0, 0.05) is 5.41 Å². The Labute approximate surface area is 150 Å². The van der Waals surface area contributed by atoms with Crippen molar-refractivity contribution in [3.05, 3.63) is 35.9 Å². The van der Waals surface area contributed by atoms with Gasteiger partial charge in [0.05, 0.1) is 10.1 Å². The van der Waals surface area contributed by atoms with Crippen LogP contribution in [0.3, 0.4) is 0 Å². The van der Waals surface area contributed by atoms with Gasteiger partial charge in [-0.15, -0.1) is 11.8 Å². The number of aryl methyl sites for hydroxylation is 1. The van der Waals surface area contributed by atoms with Crippen LogP contribution in [0.1, 0.15) is 39.7 Å². The van der Waals surface area contributed by atoms with E-state index in [1.165, 1.54) is 5.56 Å². The summed E-state index contributed by atoms with van der Waals surface area (Å²) < 4.78 is 11.4. The highest BCUT2D eigenvalue weighted by atomic mass is 32.2. The van der Waals surface area contributed by atoms with Crippen LogP contribution >= 0.6 is 19.7 Å². The zero-order valence-corrected chi connectivity index (χ0v) is 16.7. The Hall–Kier alpha value is -0.160. The molecule has 134 valence electrons. The first-order valence-electron chi connectivity index (χ1n) is 8.57. The maximum atomic E-state index is 13.2. The van der Waals surface area contributed by atoms with Gasteiger partial charge in [0.1, 0.15) is 13.2 Å². The fraction of sp³-hybridized carbons (Fsp3) is 0.667. The van der Waals surface area contributed by atoms with Crippen LogP contribution in [0.15, 0.2) is 30.3 Å². The molecule has 1 aromatic rings. The minimum absolute atomic E-state index is 0.0729. The van der Waals surface area contributed by atoms with Crippen molar-refractivity contribution in [1.82, 2.24) is 5.32 Å². The van der Waals surface area contributed by atoms with E-state index in [2.05, 4.69) is 57.3 Å². The molecule has 2 heterocycles. The Morgan fingerprint density at radius 3 is 2.42 bits per heavy atom. The van der Waals surface area contributed by atoms with E-state index in [1.54, 1.807) is 0 Å². The second-order valence-corrected chi connectivity index (χ2v) is 12.0. The lowest BCUT2D eigenvalue weighted by atomic mass is 9.97. The van der Waals surface area contributed by atoms with E-state index in [0.717, 1.165) is 12.8 Å². The van der Waals surface area contributed by atoms with Gasteiger partial charge in [-0.25, -0.2) is 9.05 Å². The molecule has 0 unspecified atom stereocenters. The quantitative estimate of drug-likeness (QED) is 0.822. The van der Waals surface area contributed by atoms with Gasteiger partial charge in [-0.2, -0.15) is 0 Å². The lowest BCUT2D eigenvalue weighted by Gasteiger charge is -2.43. The van der Waals surface area contributed by atoms with Crippen molar-refractivity contribution in [1.29, 1.82) is 0 Å². The number of thioether (sulfide) groups is 1. The van der Waals surface area contributed by atoms with Crippen molar-refractivity contribution in [3.63, 3.8) is 0 Å². The Bertz CT molecular complexity index is 557. The number of benzene rings is 1. The fourth-order valence-corrected chi connectivity index (χ4v) is 7.75. The molecule has 0 amide bonds. The van der Waals surface area contributed by atoms with Gasteiger partial charge < -0.3 is 4.89 Å². The largest absolute Gasteiger partial charge is 0.630 e. The molecule has 1 N–H and O–H groups in total. The molecule has 6 heteroatoms. The molecular formula is C18H28NO3PS. The summed E-state index contributed by atoms with van der Waals surface area (Å²) in [6, 6.07) is 10.5. The van der Waals surface area contributed by atoms with E-state index in [-0.39, 0.29) is 21.3 Å². The zero-order valence-electron chi connectivity index (χ0n) is 15.0. The molecule has 0 spiro atoms. The third-order valence-electron chi connectivity index (χ3n) is 4.57. The summed E-state index contributed by atoms with van der Waals surface area (Å²) in [5, 5.41) is 3.80. The SMILES string of the molecule is CC1(C)CO[P+]([O-])([C@@H]2N[C@@H](CCc3ccccc3)SC2(C)C)OC1. The first-order valence-corrected chi connectivity index (χ1v) is 11.1. The summed E-state index contributed by atoms with van der Waals surface area (Å²) in [5.74, 6) is -0.258. The summed E-state index contributed by atoms with van der Waals surface area (Å²) in [7, 11) is -3.13. The number of hydrogen-bond donors (Lipinski definition) is 1. The second-order valence-electron chi connectivity index (χ2n) is 8.05. The smallest absolute Gasteiger partial charge is 0.256 e. The topological polar surface area (TPSA) is 53.5 Å². The summed E-state index contributed by atoms with van der Waals surface area (Å²) in [4.78, 5) is 13.2. The molecule has 2 aliphatic heterocycles. The molecule has 2 atom stereocenters. The molecule has 4 nitrogen and oxygen atoms in total. The summed E-state index contributed by atoms with van der Waals surface area (Å²) in [6.07, 6.45) is 2.01. The van der Waals surface area contributed by atoms with Gasteiger partial charge in [-0.3, -0.25) is 5.32 Å². The van der Waals surface area contributed by atoms with Crippen molar-refractivity contribution in [3.8, 4) is 0 Å². The van der Waals surface area contributed by atoms with Crippen LogP contribution in [0, 0.1) is 5.41 Å². The maximum Gasteiger partial charge on any atom is 0.256 e. The van der Waals surface area contributed by atoms with Crippen LogP contribution in [0.25, 0.3) is 0 Å². The molecule has 0 saturated carbocycles. The van der Waals surface area contributed by atoms with Gasteiger partial charge in [-0.05, 0) is 32.3 Å². The highest BCUT2D eigenvalue weighted by Gasteiger charge is 2.58. The molecule has 0 aliphatic carbocycles. The minimum Gasteiger partial charge on any atom is -0.630 e. The van der Waals surface area contributed by atoms with Gasteiger partial charge in [-0.1, -0.05) is 44.2 Å². The van der Waals surface area contributed by atoms with E-state index in [1.807, 2.05) is 17.8 Å². The third kappa shape index (κ3) is 4.14. The molecule has 2 aliphatic rings. The van der Waals surface area contributed by atoms with E-state index in [0.29, 0.717) is 13.2 Å². The summed E-state index contributed by atoms with van der Waals surface area (Å²) >= 11 is 1.84. The van der Waals surface area contributed by atoms with E-state index >= 15 is 0 Å². The number of hydrogen-bond acceptors (Lipinski definition) is 5. The molecular weight excluding hydrogens is 341 g/mol. The van der Waals surface area contributed by atoms with Crippen molar-refractivity contribution >= 4 is 19.7 Å². The molecule has 0 aromatic heterocycles. The summed E-state index contributed by atoms with van der Waals surface area (Å²) in [6.45, 7) is 9.37. The first kappa shape index (κ1) is 18.6. The van der Waals surface area contributed by atoms with E-state index in [9.17, 15) is 4.89 Å². The monoisotopic (exact) mass is 369 g/mol. The Kier molecular flexibility index (Phi) is 5.33. The molecule has 24 heavy (non-hydrogen) atoms. The van der Waals surface area contributed by atoms with Gasteiger partial charge in [0.2, 0.25) is 0 Å². The zero-order chi connectivity index (χ0) is 17.4. The number of nitrogens with one attached hydrogen (secondary N) is 1. The summed E-state index contributed by atoms with van der Waals surface area (Å²) in [5.41, 5.74) is 1.26. The minimum atomic E-state index is -3.13. The van der Waals surface area contributed by atoms with Crippen molar-refractivity contribution in [2.45, 2.75) is 56.4 Å². The Balaban J connectivity index is 1.63. The van der Waals surface area contributed by atoms with Crippen LogP contribution in [0.5, 0.6) is 0 Å². The highest BCUT2D eigenvalue weighted by Crippen LogP contribution is 2.66. The van der Waals surface area contributed by atoms with E-state index in [4.69, 9.17) is 9.05 Å². The normalized spacial score (nSPS) is 31.0. The molecule has 0 bridgehead atoms. The fourth-order valence-electron chi connectivity index (χ4n) is 3.16. The predicted molar refractivity (Wildman–Crippen MR) is 99.7 cm³/mol. The van der Waals surface area contributed by atoms with E-state index < -0.39 is 7.94 Å². The highest BCUT2D eigenvalue weighted by molar-refractivity contribution is 8.02. The average Bonchev–Trinajstić information content (AvgIpc) is 2.85. The molecule has 1 aromatic carbocycles. The van der Waals surface area contributed by atoms with Crippen molar-refractivity contribution in [2.24, 2.45) is 5.41 Å². The standard InChI is InChI=1S/C18H28NO3PS/c1-17(2)12-21-23(20,22-13-17)16-18(3,4)24-15(19-16)11-10-14-8-6-5-7-9-14/h5-9,15-16,19H,10-13H2,1-4H3/t15-,16+/m1/s1. The van der Waals surface area contributed by atoms with Gasteiger partial charge >= 0.3 is 0 Å². The van der Waals surface area contributed by atoms with Gasteiger partial charge in [0.25, 0.3) is 7.94 Å². The average molecular weight is 369 g/mol. The lowest BCUT2D eigenvalue weighted by Crippen LogP contribution is -2.49. The number of rotatable bonds is 4. The molecule has 0 radical (unpaired) electrons. The van der Waals surface area contributed by atoms with Crippen LogP contribution < -0.4 is 10.2 Å². The Morgan fingerprint density at radius 1 is 1.17 bits per heavy atom.